The number of carbonyl (C=O) groups excluding carboxylic acids is 1. The summed E-state index contributed by atoms with van der Waals surface area (Å²) in [5, 5.41) is 6.58. The third kappa shape index (κ3) is 5.17. The average molecular weight is 307 g/mol. The molecule has 0 aliphatic rings. The van der Waals surface area contributed by atoms with Crippen LogP contribution in [0.25, 0.3) is 0 Å². The van der Waals surface area contributed by atoms with Gasteiger partial charge in [0.15, 0.2) is 0 Å². The lowest BCUT2D eigenvalue weighted by molar-refractivity contribution is -0.116. The standard InChI is InChI=1S/C16H16ClFN2O/c17-15-4-2-1-3-12(15)11-19-10-9-16(21)20-14-7-5-13(18)6-8-14/h1-8,19H,9-11H2,(H,20,21). The molecule has 0 spiro atoms. The molecule has 0 saturated heterocycles. The number of halogens is 2. The summed E-state index contributed by atoms with van der Waals surface area (Å²) in [5.41, 5.74) is 1.59. The summed E-state index contributed by atoms with van der Waals surface area (Å²) in [6.45, 7) is 1.15. The first kappa shape index (κ1) is 15.5. The van der Waals surface area contributed by atoms with Crippen LogP contribution in [0.2, 0.25) is 5.02 Å². The van der Waals surface area contributed by atoms with E-state index in [0.717, 1.165) is 5.56 Å². The Hall–Kier alpha value is -1.91. The topological polar surface area (TPSA) is 41.1 Å². The van der Waals surface area contributed by atoms with E-state index in [1.165, 1.54) is 24.3 Å². The van der Waals surface area contributed by atoms with Gasteiger partial charge in [-0.15, -0.1) is 0 Å². The maximum Gasteiger partial charge on any atom is 0.225 e. The fraction of sp³-hybridized carbons (Fsp3) is 0.188. The molecule has 3 nitrogen and oxygen atoms in total. The van der Waals surface area contributed by atoms with E-state index in [4.69, 9.17) is 11.6 Å². The molecule has 0 heterocycles. The van der Waals surface area contributed by atoms with E-state index < -0.39 is 0 Å². The van der Waals surface area contributed by atoms with Crippen LogP contribution in [0.5, 0.6) is 0 Å². The van der Waals surface area contributed by atoms with Gasteiger partial charge < -0.3 is 10.6 Å². The number of anilines is 1. The zero-order valence-corrected chi connectivity index (χ0v) is 12.2. The molecule has 2 aromatic carbocycles. The summed E-state index contributed by atoms with van der Waals surface area (Å²) >= 11 is 6.04. The number of hydrogen-bond donors (Lipinski definition) is 2. The van der Waals surface area contributed by atoms with Crippen molar-refractivity contribution in [3.05, 3.63) is 64.9 Å². The highest BCUT2D eigenvalue weighted by Crippen LogP contribution is 2.14. The highest BCUT2D eigenvalue weighted by molar-refractivity contribution is 6.31. The van der Waals surface area contributed by atoms with Crippen LogP contribution < -0.4 is 10.6 Å². The Morgan fingerprint density at radius 2 is 1.81 bits per heavy atom. The fourth-order valence-corrected chi connectivity index (χ4v) is 2.03. The molecule has 0 atom stereocenters. The van der Waals surface area contributed by atoms with Gasteiger partial charge in [-0.05, 0) is 35.9 Å². The minimum atomic E-state index is -0.325. The van der Waals surface area contributed by atoms with Crippen molar-refractivity contribution in [2.75, 3.05) is 11.9 Å². The number of rotatable bonds is 6. The van der Waals surface area contributed by atoms with Crippen molar-refractivity contribution in [2.45, 2.75) is 13.0 Å². The molecule has 0 saturated carbocycles. The van der Waals surface area contributed by atoms with E-state index in [1.807, 2.05) is 24.3 Å². The fourth-order valence-electron chi connectivity index (χ4n) is 1.82. The van der Waals surface area contributed by atoms with Crippen molar-refractivity contribution in [1.29, 1.82) is 0 Å². The van der Waals surface area contributed by atoms with Crippen molar-refractivity contribution in [3.63, 3.8) is 0 Å². The molecule has 0 fully saturated rings. The normalized spacial score (nSPS) is 10.4. The Bertz CT molecular complexity index is 601. The van der Waals surface area contributed by atoms with Gasteiger partial charge in [0.2, 0.25) is 5.91 Å². The van der Waals surface area contributed by atoms with E-state index in [1.54, 1.807) is 0 Å². The Kier molecular flexibility index (Phi) is 5.72. The van der Waals surface area contributed by atoms with Gasteiger partial charge >= 0.3 is 0 Å². The lowest BCUT2D eigenvalue weighted by Gasteiger charge is -2.07. The number of hydrogen-bond acceptors (Lipinski definition) is 2. The predicted octanol–water partition coefficient (Wildman–Crippen LogP) is 3.60. The molecule has 5 heteroatoms. The SMILES string of the molecule is O=C(CCNCc1ccccc1Cl)Nc1ccc(F)cc1. The van der Waals surface area contributed by atoms with Gasteiger partial charge in [0.1, 0.15) is 5.82 Å². The van der Waals surface area contributed by atoms with Gasteiger partial charge in [-0.2, -0.15) is 0 Å². The van der Waals surface area contributed by atoms with Gasteiger partial charge in [-0.25, -0.2) is 4.39 Å². The van der Waals surface area contributed by atoms with Gasteiger partial charge in [0.05, 0.1) is 0 Å². The van der Waals surface area contributed by atoms with Gasteiger partial charge in [0.25, 0.3) is 0 Å². The average Bonchev–Trinajstić information content (AvgIpc) is 2.48. The summed E-state index contributed by atoms with van der Waals surface area (Å²) < 4.78 is 12.7. The van der Waals surface area contributed by atoms with Crippen LogP contribution in [-0.4, -0.2) is 12.5 Å². The highest BCUT2D eigenvalue weighted by Gasteiger charge is 2.03. The third-order valence-corrected chi connectivity index (χ3v) is 3.30. The van der Waals surface area contributed by atoms with Crippen LogP contribution >= 0.6 is 11.6 Å². The van der Waals surface area contributed by atoms with E-state index in [2.05, 4.69) is 10.6 Å². The highest BCUT2D eigenvalue weighted by atomic mass is 35.5. The molecule has 0 aromatic heterocycles. The van der Waals surface area contributed by atoms with Crippen molar-refractivity contribution in [1.82, 2.24) is 5.32 Å². The zero-order chi connectivity index (χ0) is 15.1. The molecular formula is C16H16ClFN2O. The van der Waals surface area contributed by atoms with Crippen LogP contribution in [0.15, 0.2) is 48.5 Å². The molecule has 1 amide bonds. The van der Waals surface area contributed by atoms with Crippen LogP contribution in [0.4, 0.5) is 10.1 Å². The molecule has 21 heavy (non-hydrogen) atoms. The van der Waals surface area contributed by atoms with Crippen molar-refractivity contribution in [2.24, 2.45) is 0 Å². The second kappa shape index (κ2) is 7.76. The molecule has 0 bridgehead atoms. The van der Waals surface area contributed by atoms with E-state index >= 15 is 0 Å². The monoisotopic (exact) mass is 306 g/mol. The minimum absolute atomic E-state index is 0.117. The summed E-state index contributed by atoms with van der Waals surface area (Å²) in [5.74, 6) is -0.442. The molecule has 2 N–H and O–H groups in total. The quantitative estimate of drug-likeness (QED) is 0.801. The van der Waals surface area contributed by atoms with E-state index in [-0.39, 0.29) is 11.7 Å². The predicted molar refractivity (Wildman–Crippen MR) is 82.8 cm³/mol. The molecule has 110 valence electrons. The Labute approximate surface area is 128 Å². The number of benzene rings is 2. The maximum absolute atomic E-state index is 12.7. The lowest BCUT2D eigenvalue weighted by Crippen LogP contribution is -2.21. The van der Waals surface area contributed by atoms with Gasteiger partial charge in [-0.1, -0.05) is 29.8 Å². The van der Waals surface area contributed by atoms with Crippen LogP contribution in [0, 0.1) is 5.82 Å². The Morgan fingerprint density at radius 3 is 2.52 bits per heavy atom. The first-order valence-corrected chi connectivity index (χ1v) is 7.02. The zero-order valence-electron chi connectivity index (χ0n) is 11.4. The van der Waals surface area contributed by atoms with E-state index in [0.29, 0.717) is 30.2 Å². The van der Waals surface area contributed by atoms with E-state index in [9.17, 15) is 9.18 Å². The number of amides is 1. The molecule has 0 aliphatic carbocycles. The Morgan fingerprint density at radius 1 is 1.10 bits per heavy atom. The molecule has 0 aliphatic heterocycles. The molecule has 0 unspecified atom stereocenters. The van der Waals surface area contributed by atoms with Crippen LogP contribution in [-0.2, 0) is 11.3 Å². The van der Waals surface area contributed by atoms with Crippen molar-refractivity contribution in [3.8, 4) is 0 Å². The summed E-state index contributed by atoms with van der Waals surface area (Å²) in [6, 6.07) is 13.3. The molecule has 2 aromatic rings. The maximum atomic E-state index is 12.7. The smallest absolute Gasteiger partial charge is 0.225 e. The van der Waals surface area contributed by atoms with Gasteiger partial charge in [0, 0.05) is 30.2 Å². The second-order valence-electron chi connectivity index (χ2n) is 4.57. The van der Waals surface area contributed by atoms with Crippen LogP contribution in [0.1, 0.15) is 12.0 Å². The first-order valence-electron chi connectivity index (χ1n) is 6.65. The molecule has 0 radical (unpaired) electrons. The number of carbonyl (C=O) groups is 1. The summed E-state index contributed by atoms with van der Waals surface area (Å²) in [4.78, 5) is 11.7. The first-order chi connectivity index (χ1) is 10.1. The summed E-state index contributed by atoms with van der Waals surface area (Å²) in [6.07, 6.45) is 0.335. The van der Waals surface area contributed by atoms with Gasteiger partial charge in [-0.3, -0.25) is 4.79 Å². The molecular weight excluding hydrogens is 291 g/mol. The van der Waals surface area contributed by atoms with Crippen LogP contribution in [0.3, 0.4) is 0 Å². The summed E-state index contributed by atoms with van der Waals surface area (Å²) in [7, 11) is 0. The lowest BCUT2D eigenvalue weighted by atomic mass is 10.2. The minimum Gasteiger partial charge on any atom is -0.326 e. The third-order valence-electron chi connectivity index (χ3n) is 2.93. The van der Waals surface area contributed by atoms with Crippen molar-refractivity contribution >= 4 is 23.2 Å². The molecule has 2 rings (SSSR count). The van der Waals surface area contributed by atoms with Crippen molar-refractivity contribution < 1.29 is 9.18 Å². The second-order valence-corrected chi connectivity index (χ2v) is 4.98. The Balaban J connectivity index is 1.70. The largest absolute Gasteiger partial charge is 0.326 e. The number of nitrogens with one attached hydrogen (secondary N) is 2.